The van der Waals surface area contributed by atoms with Gasteiger partial charge in [-0.3, -0.25) is 4.99 Å². The standard InChI is InChI=1S/C13H17NO3/c1-9-6-4-5-7-11(9)12(8-15)14-10(2)13(16)17-3/h4-7,10,15H,8H2,1-3H3/t10-/m0/s1. The molecule has 17 heavy (non-hydrogen) atoms. The first-order chi connectivity index (χ1) is 8.10. The van der Waals surface area contributed by atoms with Crippen molar-refractivity contribution < 1.29 is 14.6 Å². The number of hydrogen-bond acceptors (Lipinski definition) is 4. The van der Waals surface area contributed by atoms with E-state index in [2.05, 4.69) is 9.73 Å². The van der Waals surface area contributed by atoms with E-state index in [1.54, 1.807) is 6.92 Å². The van der Waals surface area contributed by atoms with Gasteiger partial charge >= 0.3 is 5.97 Å². The Labute approximate surface area is 101 Å². The van der Waals surface area contributed by atoms with E-state index in [-0.39, 0.29) is 6.61 Å². The molecule has 0 aliphatic heterocycles. The number of aliphatic hydroxyl groups is 1. The topological polar surface area (TPSA) is 58.9 Å². The first kappa shape index (κ1) is 13.4. The largest absolute Gasteiger partial charge is 0.467 e. The fraction of sp³-hybridized carbons (Fsp3) is 0.385. The molecule has 0 aromatic heterocycles. The summed E-state index contributed by atoms with van der Waals surface area (Å²) in [5.74, 6) is -0.412. The highest BCUT2D eigenvalue weighted by Gasteiger charge is 2.14. The van der Waals surface area contributed by atoms with Crippen LogP contribution in [0.3, 0.4) is 0 Å². The Morgan fingerprint density at radius 2 is 2.12 bits per heavy atom. The van der Waals surface area contributed by atoms with Gasteiger partial charge in [-0.1, -0.05) is 24.3 Å². The first-order valence-corrected chi connectivity index (χ1v) is 5.41. The number of hydrogen-bond donors (Lipinski definition) is 1. The lowest BCUT2D eigenvalue weighted by molar-refractivity contribution is -0.141. The summed E-state index contributed by atoms with van der Waals surface area (Å²) in [6, 6.07) is 6.98. The van der Waals surface area contributed by atoms with E-state index in [1.165, 1.54) is 7.11 Å². The van der Waals surface area contributed by atoms with E-state index < -0.39 is 12.0 Å². The maximum atomic E-state index is 11.3. The summed E-state index contributed by atoms with van der Waals surface area (Å²) >= 11 is 0. The van der Waals surface area contributed by atoms with Crippen LogP contribution in [0.15, 0.2) is 29.3 Å². The van der Waals surface area contributed by atoms with Crippen LogP contribution >= 0.6 is 0 Å². The monoisotopic (exact) mass is 235 g/mol. The number of aliphatic imine (C=N–C) groups is 1. The summed E-state index contributed by atoms with van der Waals surface area (Å²) in [5, 5.41) is 9.32. The van der Waals surface area contributed by atoms with Gasteiger partial charge in [-0.15, -0.1) is 0 Å². The molecule has 0 aliphatic rings. The van der Waals surface area contributed by atoms with Gasteiger partial charge in [-0.25, -0.2) is 4.79 Å². The van der Waals surface area contributed by atoms with Crippen molar-refractivity contribution >= 4 is 11.7 Å². The highest BCUT2D eigenvalue weighted by molar-refractivity contribution is 6.03. The molecule has 1 N–H and O–H groups in total. The second kappa shape index (κ2) is 6.15. The van der Waals surface area contributed by atoms with Crippen LogP contribution in [-0.4, -0.2) is 36.5 Å². The van der Waals surface area contributed by atoms with Crippen LogP contribution in [0.25, 0.3) is 0 Å². The van der Waals surface area contributed by atoms with Gasteiger partial charge in [0, 0.05) is 5.56 Å². The van der Waals surface area contributed by atoms with Crippen molar-refractivity contribution in [3.8, 4) is 0 Å². The molecule has 0 radical (unpaired) electrons. The van der Waals surface area contributed by atoms with Crippen LogP contribution in [0, 0.1) is 6.92 Å². The van der Waals surface area contributed by atoms with Crippen LogP contribution in [0.1, 0.15) is 18.1 Å². The quantitative estimate of drug-likeness (QED) is 0.633. The number of carbonyl (C=O) groups excluding carboxylic acids is 1. The summed E-state index contributed by atoms with van der Waals surface area (Å²) in [6.45, 7) is 3.37. The summed E-state index contributed by atoms with van der Waals surface area (Å²) in [7, 11) is 1.32. The Bertz CT molecular complexity index is 426. The molecule has 1 aromatic carbocycles. The molecule has 0 saturated heterocycles. The molecule has 0 amide bonds. The van der Waals surface area contributed by atoms with Crippen molar-refractivity contribution in [1.82, 2.24) is 0 Å². The van der Waals surface area contributed by atoms with Crippen molar-refractivity contribution in [3.63, 3.8) is 0 Å². The Morgan fingerprint density at radius 1 is 1.47 bits per heavy atom. The van der Waals surface area contributed by atoms with E-state index >= 15 is 0 Å². The minimum atomic E-state index is -0.609. The fourth-order valence-corrected chi connectivity index (χ4v) is 1.55. The molecule has 0 fully saturated rings. The highest BCUT2D eigenvalue weighted by Crippen LogP contribution is 2.10. The van der Waals surface area contributed by atoms with Crippen LogP contribution in [-0.2, 0) is 9.53 Å². The molecule has 0 saturated carbocycles. The summed E-state index contributed by atoms with van der Waals surface area (Å²) < 4.78 is 4.60. The first-order valence-electron chi connectivity index (χ1n) is 5.41. The molecular weight excluding hydrogens is 218 g/mol. The smallest absolute Gasteiger partial charge is 0.330 e. The summed E-state index contributed by atoms with van der Waals surface area (Å²) in [4.78, 5) is 15.5. The van der Waals surface area contributed by atoms with Gasteiger partial charge < -0.3 is 9.84 Å². The third-order valence-electron chi connectivity index (χ3n) is 2.50. The lowest BCUT2D eigenvalue weighted by Gasteiger charge is -2.10. The molecule has 1 atom stereocenters. The molecule has 4 nitrogen and oxygen atoms in total. The minimum Gasteiger partial charge on any atom is -0.467 e. The van der Waals surface area contributed by atoms with Crippen molar-refractivity contribution in [3.05, 3.63) is 35.4 Å². The SMILES string of the molecule is COC(=O)[C@H](C)N=C(CO)c1ccccc1C. The van der Waals surface area contributed by atoms with Gasteiger partial charge in [0.1, 0.15) is 6.04 Å². The lowest BCUT2D eigenvalue weighted by atomic mass is 10.0. The lowest BCUT2D eigenvalue weighted by Crippen LogP contribution is -2.20. The normalized spacial score (nSPS) is 13.3. The number of methoxy groups -OCH3 is 1. The number of nitrogens with zero attached hydrogens (tertiary/aromatic N) is 1. The number of aliphatic hydroxyl groups excluding tert-OH is 1. The molecule has 0 heterocycles. The van der Waals surface area contributed by atoms with Crippen molar-refractivity contribution in [2.75, 3.05) is 13.7 Å². The van der Waals surface area contributed by atoms with Crippen molar-refractivity contribution in [2.45, 2.75) is 19.9 Å². The van der Waals surface area contributed by atoms with Crippen LogP contribution in [0.2, 0.25) is 0 Å². The zero-order valence-corrected chi connectivity index (χ0v) is 10.3. The molecule has 92 valence electrons. The van der Waals surface area contributed by atoms with Gasteiger partial charge in [0.05, 0.1) is 19.4 Å². The maximum absolute atomic E-state index is 11.3. The summed E-state index contributed by atoms with van der Waals surface area (Å²) in [5.41, 5.74) is 2.36. The van der Waals surface area contributed by atoms with Crippen LogP contribution in [0.5, 0.6) is 0 Å². The van der Waals surface area contributed by atoms with Gasteiger partial charge in [-0.05, 0) is 19.4 Å². The molecule has 0 spiro atoms. The number of ether oxygens (including phenoxy) is 1. The van der Waals surface area contributed by atoms with Gasteiger partial charge in [0.2, 0.25) is 0 Å². The van der Waals surface area contributed by atoms with E-state index in [9.17, 15) is 9.90 Å². The van der Waals surface area contributed by atoms with Crippen molar-refractivity contribution in [2.24, 2.45) is 4.99 Å². The number of rotatable bonds is 4. The Kier molecular flexibility index (Phi) is 4.84. The molecule has 1 rings (SSSR count). The molecule has 0 unspecified atom stereocenters. The molecule has 0 bridgehead atoms. The zero-order valence-electron chi connectivity index (χ0n) is 10.3. The maximum Gasteiger partial charge on any atom is 0.330 e. The van der Waals surface area contributed by atoms with E-state index in [0.29, 0.717) is 5.71 Å². The second-order valence-corrected chi connectivity index (χ2v) is 3.75. The fourth-order valence-electron chi connectivity index (χ4n) is 1.55. The molecule has 0 aliphatic carbocycles. The van der Waals surface area contributed by atoms with Gasteiger partial charge in [-0.2, -0.15) is 0 Å². The third-order valence-corrected chi connectivity index (χ3v) is 2.50. The Morgan fingerprint density at radius 3 is 2.65 bits per heavy atom. The predicted molar refractivity (Wildman–Crippen MR) is 66.3 cm³/mol. The average molecular weight is 235 g/mol. The molecular formula is C13H17NO3. The van der Waals surface area contributed by atoms with Crippen LogP contribution in [0.4, 0.5) is 0 Å². The summed E-state index contributed by atoms with van der Waals surface area (Å²) in [6.07, 6.45) is 0. The van der Waals surface area contributed by atoms with Gasteiger partial charge in [0.15, 0.2) is 0 Å². The Hall–Kier alpha value is -1.68. The van der Waals surface area contributed by atoms with Crippen LogP contribution < -0.4 is 0 Å². The highest BCUT2D eigenvalue weighted by atomic mass is 16.5. The second-order valence-electron chi connectivity index (χ2n) is 3.75. The number of esters is 1. The predicted octanol–water partition coefficient (Wildman–Crippen LogP) is 1.34. The van der Waals surface area contributed by atoms with Gasteiger partial charge in [0.25, 0.3) is 0 Å². The number of benzene rings is 1. The van der Waals surface area contributed by atoms with E-state index in [4.69, 9.17) is 0 Å². The van der Waals surface area contributed by atoms with Crippen molar-refractivity contribution in [1.29, 1.82) is 0 Å². The zero-order chi connectivity index (χ0) is 12.8. The van der Waals surface area contributed by atoms with E-state index in [0.717, 1.165) is 11.1 Å². The third kappa shape index (κ3) is 3.39. The van der Waals surface area contributed by atoms with E-state index in [1.807, 2.05) is 31.2 Å². The molecule has 4 heteroatoms. The Balaban J connectivity index is 3.04. The number of carbonyl (C=O) groups is 1. The molecule has 1 aromatic rings. The number of aryl methyl sites for hydroxylation is 1. The average Bonchev–Trinajstić information content (AvgIpc) is 2.35. The minimum absolute atomic E-state index is 0.202.